The van der Waals surface area contributed by atoms with E-state index in [1.807, 2.05) is 0 Å². The molecule has 0 radical (unpaired) electrons. The predicted molar refractivity (Wildman–Crippen MR) is 78.2 cm³/mol. The van der Waals surface area contributed by atoms with Crippen LogP contribution in [0.3, 0.4) is 0 Å². The highest BCUT2D eigenvalue weighted by atomic mass is 16.4. The Morgan fingerprint density at radius 2 is 1.50 bits per heavy atom. The van der Waals surface area contributed by atoms with E-state index < -0.39 is 12.0 Å². The van der Waals surface area contributed by atoms with Crippen LogP contribution in [0.15, 0.2) is 0 Å². The molecule has 7 N–H and O–H groups in total. The van der Waals surface area contributed by atoms with Crippen LogP contribution in [-0.2, 0) is 9.59 Å². The van der Waals surface area contributed by atoms with Gasteiger partial charge < -0.3 is 27.2 Å². The molecule has 1 amide bonds. The van der Waals surface area contributed by atoms with E-state index in [1.54, 1.807) is 7.05 Å². The van der Waals surface area contributed by atoms with Gasteiger partial charge in [0.15, 0.2) is 0 Å². The van der Waals surface area contributed by atoms with E-state index in [0.29, 0.717) is 32.4 Å². The smallest absolute Gasteiger partial charge is 0.326 e. The summed E-state index contributed by atoms with van der Waals surface area (Å²) < 4.78 is 0. The average Bonchev–Trinajstić information content (AvgIpc) is 2.42. The van der Waals surface area contributed by atoms with Crippen LogP contribution in [0, 0.1) is 0 Å². The fourth-order valence-electron chi connectivity index (χ4n) is 1.92. The van der Waals surface area contributed by atoms with Crippen molar-refractivity contribution in [3.8, 4) is 0 Å². The molecule has 0 saturated carbocycles. The van der Waals surface area contributed by atoms with E-state index in [2.05, 4.69) is 10.6 Å². The molecule has 0 heterocycles. The lowest BCUT2D eigenvalue weighted by Gasteiger charge is -2.20. The fraction of sp³-hybridized carbons (Fsp3) is 0.846. The number of likely N-dealkylation sites (N-methyl/N-ethyl adjacent to an activating group) is 1. The molecule has 7 heteroatoms. The van der Waals surface area contributed by atoms with Gasteiger partial charge in [-0.25, -0.2) is 4.79 Å². The molecule has 0 aromatic carbocycles. The maximum Gasteiger partial charge on any atom is 0.326 e. The van der Waals surface area contributed by atoms with Gasteiger partial charge in [-0.05, 0) is 52.2 Å². The van der Waals surface area contributed by atoms with Crippen LogP contribution in [0.1, 0.15) is 38.5 Å². The number of rotatable bonds is 12. The van der Waals surface area contributed by atoms with Crippen molar-refractivity contribution in [3.63, 3.8) is 0 Å². The second-order valence-corrected chi connectivity index (χ2v) is 4.81. The van der Waals surface area contributed by atoms with Gasteiger partial charge in [0.25, 0.3) is 0 Å². The van der Waals surface area contributed by atoms with Gasteiger partial charge in [0.05, 0.1) is 6.04 Å². The number of carboxylic acids is 1. The van der Waals surface area contributed by atoms with Crippen molar-refractivity contribution in [2.75, 3.05) is 20.1 Å². The lowest BCUT2D eigenvalue weighted by Crippen LogP contribution is -2.49. The number of hydrogen-bond acceptors (Lipinski definition) is 5. The Morgan fingerprint density at radius 1 is 1.00 bits per heavy atom. The maximum absolute atomic E-state index is 12.0. The fourth-order valence-corrected chi connectivity index (χ4v) is 1.92. The third-order valence-electron chi connectivity index (χ3n) is 3.17. The van der Waals surface area contributed by atoms with Crippen molar-refractivity contribution in [1.82, 2.24) is 10.6 Å². The molecule has 0 aliphatic carbocycles. The SMILES string of the molecule is CN[C@@H](CCCCN)C(=O)N[C@@H](CCCCN)C(=O)O. The lowest BCUT2D eigenvalue weighted by atomic mass is 10.1. The highest BCUT2D eigenvalue weighted by Crippen LogP contribution is 2.04. The highest BCUT2D eigenvalue weighted by molar-refractivity contribution is 5.86. The molecule has 0 bridgehead atoms. The maximum atomic E-state index is 12.0. The van der Waals surface area contributed by atoms with Gasteiger partial charge in [0.2, 0.25) is 5.91 Å². The van der Waals surface area contributed by atoms with Crippen molar-refractivity contribution in [2.24, 2.45) is 11.5 Å². The average molecular weight is 288 g/mol. The highest BCUT2D eigenvalue weighted by Gasteiger charge is 2.23. The van der Waals surface area contributed by atoms with Crippen molar-refractivity contribution in [2.45, 2.75) is 50.6 Å². The zero-order valence-electron chi connectivity index (χ0n) is 12.2. The minimum atomic E-state index is -1.01. The standard InChI is InChI=1S/C13H28N4O3/c1-16-10(6-2-4-8-14)12(18)17-11(13(19)20)7-3-5-9-15/h10-11,16H,2-9,14-15H2,1H3,(H,17,18)(H,19,20)/t10-,11-/m0/s1. The van der Waals surface area contributed by atoms with Crippen molar-refractivity contribution < 1.29 is 14.7 Å². The van der Waals surface area contributed by atoms with E-state index in [0.717, 1.165) is 19.3 Å². The molecule has 7 nitrogen and oxygen atoms in total. The van der Waals surface area contributed by atoms with Gasteiger partial charge in [0.1, 0.15) is 6.04 Å². The van der Waals surface area contributed by atoms with Crippen molar-refractivity contribution >= 4 is 11.9 Å². The van der Waals surface area contributed by atoms with Gasteiger partial charge in [-0.3, -0.25) is 4.79 Å². The summed E-state index contributed by atoms with van der Waals surface area (Å²) in [6.45, 7) is 1.12. The molecule has 0 saturated heterocycles. The number of carboxylic acid groups (broad SMARTS) is 1. The molecule has 0 aromatic rings. The van der Waals surface area contributed by atoms with Crippen LogP contribution in [0.2, 0.25) is 0 Å². The summed E-state index contributed by atoms with van der Waals surface area (Å²) in [4.78, 5) is 23.1. The molecule has 0 spiro atoms. The summed E-state index contributed by atoms with van der Waals surface area (Å²) in [6.07, 6.45) is 4.17. The van der Waals surface area contributed by atoms with Gasteiger partial charge in [-0.2, -0.15) is 0 Å². The predicted octanol–water partition coefficient (Wildman–Crippen LogP) is -0.598. The molecule has 20 heavy (non-hydrogen) atoms. The molecule has 0 aromatic heterocycles. The zero-order chi connectivity index (χ0) is 15.4. The Labute approximate surface area is 120 Å². The topological polar surface area (TPSA) is 130 Å². The van der Waals surface area contributed by atoms with Crippen LogP contribution >= 0.6 is 0 Å². The lowest BCUT2D eigenvalue weighted by molar-refractivity contribution is -0.142. The summed E-state index contributed by atoms with van der Waals surface area (Å²) in [7, 11) is 1.69. The first-order valence-electron chi connectivity index (χ1n) is 7.17. The molecule has 0 aliphatic rings. The summed E-state index contributed by atoms with van der Waals surface area (Å²) >= 11 is 0. The van der Waals surface area contributed by atoms with Gasteiger partial charge >= 0.3 is 5.97 Å². The summed E-state index contributed by atoms with van der Waals surface area (Å²) in [6, 6.07) is -1.22. The van der Waals surface area contributed by atoms with E-state index in [9.17, 15) is 9.59 Å². The number of nitrogens with two attached hydrogens (primary N) is 2. The van der Waals surface area contributed by atoms with Crippen molar-refractivity contribution in [1.29, 1.82) is 0 Å². The van der Waals surface area contributed by atoms with Crippen LogP contribution in [0.4, 0.5) is 0 Å². The first kappa shape index (κ1) is 18.8. The first-order chi connectivity index (χ1) is 9.56. The second kappa shape index (κ2) is 11.6. The quantitative estimate of drug-likeness (QED) is 0.305. The summed E-state index contributed by atoms with van der Waals surface area (Å²) in [5, 5.41) is 14.6. The summed E-state index contributed by atoms with van der Waals surface area (Å²) in [5.41, 5.74) is 10.8. The van der Waals surface area contributed by atoms with E-state index in [4.69, 9.17) is 16.6 Å². The first-order valence-corrected chi connectivity index (χ1v) is 7.17. The number of nitrogens with one attached hydrogen (secondary N) is 2. The third-order valence-corrected chi connectivity index (χ3v) is 3.17. The third kappa shape index (κ3) is 8.08. The zero-order valence-corrected chi connectivity index (χ0v) is 12.2. The molecule has 0 fully saturated rings. The van der Waals surface area contributed by atoms with Gasteiger partial charge in [-0.1, -0.05) is 6.42 Å². The van der Waals surface area contributed by atoms with Crippen molar-refractivity contribution in [3.05, 3.63) is 0 Å². The minimum Gasteiger partial charge on any atom is -0.480 e. The molecule has 0 unspecified atom stereocenters. The molecular weight excluding hydrogens is 260 g/mol. The largest absolute Gasteiger partial charge is 0.480 e. The van der Waals surface area contributed by atoms with E-state index >= 15 is 0 Å². The Balaban J connectivity index is 4.29. The second-order valence-electron chi connectivity index (χ2n) is 4.81. The number of carbonyl (C=O) groups is 2. The van der Waals surface area contributed by atoms with E-state index in [-0.39, 0.29) is 11.9 Å². The Hall–Kier alpha value is -1.18. The molecular formula is C13H28N4O3. The number of amides is 1. The van der Waals surface area contributed by atoms with Crippen LogP contribution in [0.25, 0.3) is 0 Å². The number of aliphatic carboxylic acids is 1. The monoisotopic (exact) mass is 288 g/mol. The van der Waals surface area contributed by atoms with Gasteiger partial charge in [-0.15, -0.1) is 0 Å². The Bertz CT molecular complexity index is 287. The minimum absolute atomic E-state index is 0.273. The normalized spacial score (nSPS) is 13.8. The number of hydrogen-bond donors (Lipinski definition) is 5. The van der Waals surface area contributed by atoms with Crippen LogP contribution < -0.4 is 22.1 Å². The number of unbranched alkanes of at least 4 members (excludes halogenated alkanes) is 2. The van der Waals surface area contributed by atoms with E-state index in [1.165, 1.54) is 0 Å². The number of carbonyl (C=O) groups excluding carboxylic acids is 1. The van der Waals surface area contributed by atoms with Gasteiger partial charge in [0, 0.05) is 0 Å². The Kier molecular flexibility index (Phi) is 10.9. The molecule has 0 aliphatic heterocycles. The van der Waals surface area contributed by atoms with Crippen LogP contribution in [0.5, 0.6) is 0 Å². The molecule has 2 atom stereocenters. The van der Waals surface area contributed by atoms with Crippen LogP contribution in [-0.4, -0.2) is 49.2 Å². The Morgan fingerprint density at radius 3 is 1.90 bits per heavy atom. The molecule has 118 valence electrons. The summed E-state index contributed by atoms with van der Waals surface area (Å²) in [5.74, 6) is -1.28. The molecule has 0 rings (SSSR count).